The monoisotopic (exact) mass is 1740 g/mol. The van der Waals surface area contributed by atoms with E-state index in [2.05, 4.69) is 70.3 Å². The number of rotatable bonds is 29. The van der Waals surface area contributed by atoms with Gasteiger partial charge >= 0.3 is 0 Å². The van der Waals surface area contributed by atoms with Crippen LogP contribution < -0.4 is 63.6 Å². The van der Waals surface area contributed by atoms with Crippen molar-refractivity contribution in [1.29, 1.82) is 0 Å². The Labute approximate surface area is 700 Å². The molecule has 3 unspecified atom stereocenters. The van der Waals surface area contributed by atoms with Gasteiger partial charge in [-0.05, 0) is 66.8 Å². The van der Waals surface area contributed by atoms with Crippen LogP contribution >= 0.6 is 21.6 Å². The number of fused-ring (bicyclic) bond motifs is 10. The number of ether oxygens (including phenoxy) is 3. The normalized spacial score (nSPS) is 23.6. The number of aromatic nitrogens is 3. The van der Waals surface area contributed by atoms with Crippen LogP contribution in [-0.4, -0.2) is 296 Å². The second kappa shape index (κ2) is 40.9. The van der Waals surface area contributed by atoms with Crippen LogP contribution in [0.15, 0.2) is 89.0 Å². The van der Waals surface area contributed by atoms with Gasteiger partial charge < -0.3 is 103 Å². The highest BCUT2D eigenvalue weighted by molar-refractivity contribution is 8.77. The van der Waals surface area contributed by atoms with E-state index in [4.69, 9.17) is 29.9 Å². The molecule has 8 bridgehead atoms. The molecule has 120 heavy (non-hydrogen) atoms. The van der Waals surface area contributed by atoms with E-state index in [1.54, 1.807) is 45.9 Å². The molecule has 0 spiro atoms. The Kier molecular flexibility index (Phi) is 31.4. The van der Waals surface area contributed by atoms with E-state index in [0.29, 0.717) is 35.9 Å². The summed E-state index contributed by atoms with van der Waals surface area (Å²) in [6, 6.07) is -3.94. The highest BCUT2D eigenvalue weighted by Gasteiger charge is 2.63. The number of primary amides is 1. The summed E-state index contributed by atoms with van der Waals surface area (Å²) < 4.78 is 65.1. The SMILES string of the molecule is CC[C@H](C)[C@@H]1NC(=O)CNC(=O)[C@H]2Cc3c4[nH]c5cc(ccc35)OC(C(=O)N(C)CCSSC(C)(C)C(NC(=O)CCOCCOCCNC(=O)c3ccc5nc6c(nc5c3)CC3=C(C=CC=CC=C3)C6)C(=O)NCCS(=O)(=O)O)(C(=O)N[C@@H]([C@@H](C)[C@@H](O)CO)C(=O)N2)[C@@H]2C[C@@H](O)CN2C(=O)[C@H](CC(N)=O)NC(=O)[C@H](CS4=O)NC(=O)CNC1=O. The first-order chi connectivity index (χ1) is 57.0. The topological polar surface area (TPSA) is 576 Å². The van der Waals surface area contributed by atoms with Crippen LogP contribution in [0.4, 0.5) is 0 Å². The smallest absolute Gasteiger partial charge is 0.284 e. The molecule has 650 valence electrons. The Morgan fingerprint density at radius 2 is 1.49 bits per heavy atom. The summed E-state index contributed by atoms with van der Waals surface area (Å²) in [5.41, 5.74) is 8.12. The number of nitrogens with zero attached hydrogens (tertiary/aromatic N) is 4. The third kappa shape index (κ3) is 23.1. The van der Waals surface area contributed by atoms with Crippen LogP contribution in [0, 0.1) is 11.8 Å². The van der Waals surface area contributed by atoms with Crippen molar-refractivity contribution < 1.29 is 109 Å². The number of benzene rings is 2. The molecule has 4 aromatic rings. The number of likely N-dealkylation sites (N-methyl/N-ethyl adjacent to an activating group) is 1. The number of amides is 13. The lowest BCUT2D eigenvalue weighted by Crippen LogP contribution is -2.73. The number of aliphatic hydroxyl groups is 3. The first-order valence-corrected chi connectivity index (χ1v) is 44.1. The highest BCUT2D eigenvalue weighted by Crippen LogP contribution is 2.41. The van der Waals surface area contributed by atoms with Gasteiger partial charge in [-0.1, -0.05) is 85.2 Å². The molecule has 39 nitrogen and oxygen atoms in total. The van der Waals surface area contributed by atoms with Crippen molar-refractivity contribution in [3.63, 3.8) is 0 Å². The zero-order valence-corrected chi connectivity index (χ0v) is 69.9. The minimum Gasteiger partial charge on any atom is -0.465 e. The molecule has 11 rings (SSSR count). The van der Waals surface area contributed by atoms with Crippen molar-refractivity contribution >= 4 is 141 Å². The summed E-state index contributed by atoms with van der Waals surface area (Å²) in [4.78, 5) is 204. The van der Waals surface area contributed by atoms with Crippen LogP contribution in [-0.2, 0) is 107 Å². The Morgan fingerprint density at radius 1 is 0.817 bits per heavy atom. The molecule has 1 fully saturated rings. The minimum absolute atomic E-state index is 0.00334. The van der Waals surface area contributed by atoms with E-state index in [-0.39, 0.29) is 78.3 Å². The maximum absolute atomic E-state index is 16.4. The first-order valence-electron chi connectivity index (χ1n) is 38.9. The van der Waals surface area contributed by atoms with E-state index >= 15 is 23.4 Å². The van der Waals surface area contributed by atoms with Gasteiger partial charge in [0.1, 0.15) is 47.0 Å². The summed E-state index contributed by atoms with van der Waals surface area (Å²) >= 11 is 0. The van der Waals surface area contributed by atoms with Crippen molar-refractivity contribution in [3.8, 4) is 5.75 Å². The zero-order valence-electron chi connectivity index (χ0n) is 66.7. The maximum Gasteiger partial charge on any atom is 0.284 e. The molecule has 5 aliphatic heterocycles. The molecule has 0 saturated carbocycles. The van der Waals surface area contributed by atoms with Crippen molar-refractivity contribution in [2.45, 2.75) is 149 Å². The Morgan fingerprint density at radius 3 is 2.17 bits per heavy atom. The van der Waals surface area contributed by atoms with Gasteiger partial charge in [0.2, 0.25) is 59.1 Å². The van der Waals surface area contributed by atoms with Crippen molar-refractivity contribution in [3.05, 3.63) is 107 Å². The van der Waals surface area contributed by atoms with Crippen LogP contribution in [0.3, 0.4) is 0 Å². The largest absolute Gasteiger partial charge is 0.465 e. The van der Waals surface area contributed by atoms with Crippen molar-refractivity contribution in [2.75, 3.05) is 96.6 Å². The number of hydrogen-bond acceptors (Lipinski definition) is 26. The van der Waals surface area contributed by atoms with Crippen molar-refractivity contribution in [2.24, 2.45) is 17.6 Å². The molecule has 0 radical (unpaired) electrons. The Balaban J connectivity index is 0.883. The van der Waals surface area contributed by atoms with Gasteiger partial charge in [-0.3, -0.25) is 71.1 Å². The summed E-state index contributed by atoms with van der Waals surface area (Å²) in [5, 5.41) is 58.8. The molecule has 2 aromatic carbocycles. The van der Waals surface area contributed by atoms with E-state index in [0.717, 1.165) is 48.3 Å². The molecule has 13 amide bonds. The molecule has 43 heteroatoms. The van der Waals surface area contributed by atoms with Crippen molar-refractivity contribution in [1.82, 2.24) is 77.9 Å². The van der Waals surface area contributed by atoms with Gasteiger partial charge in [0.05, 0.1) is 121 Å². The second-order valence-electron chi connectivity index (χ2n) is 30.3. The third-order valence-corrected chi connectivity index (χ3v) is 26.6. The number of H-pyrrole nitrogens is 1. The lowest BCUT2D eigenvalue weighted by molar-refractivity contribution is -0.167. The average molecular weight is 1750 g/mol. The molecule has 13 atom stereocenters. The van der Waals surface area contributed by atoms with Gasteiger partial charge in [-0.2, -0.15) is 8.42 Å². The van der Waals surface area contributed by atoms with E-state index in [9.17, 15) is 71.4 Å². The molecular weight excluding hydrogens is 1650 g/mol. The number of aromatic amines is 1. The van der Waals surface area contributed by atoms with Crippen LogP contribution in [0.25, 0.3) is 21.9 Å². The predicted molar refractivity (Wildman–Crippen MR) is 437 cm³/mol. The lowest BCUT2D eigenvalue weighted by atomic mass is 9.86. The standard InChI is InChI=1S/C77H100N16O23S4/c1-7-40(2)63-69(104)82-35-61(99)85-56-39-119(110)72-48-33-54(67(102)81-36-62(100)89-63)86-70(105)64(41(3)57(96)38-94)91-74(108)77(116-46-15-16-47(48)50(32-46)88-72,58-31-45(95)37-93(58)73(107)55(34-59(78)97)87-68(56)103)75(109)92(6)21-26-117-118-76(4,5)65(71(106)80-20-27-120(111,112)113)90-60(98)18-22-114-24-25-115-23-19-79-66(101)44-14-17-49-51(30-44)84-53-29-43-13-11-9-8-10-12-42(43)28-52(53)83-49/h8-17,30,32,40-41,45,54-58,63-65,88,94-96H,7,18-29,31,33-39H2,1-6H3,(H2,78,97)(H,79,101)(H,80,106)(H,81,102)(H,82,104)(H,85,99)(H,86,105)(H,87,103)(H,89,100)(H,90,98)(H,91,108)(H,111,112,113)/t40-,41-,45+,54+,55-,56-,57-,58-,63-,64-,65?,77?,119?/m0/s1. The number of hydrogen-bond donors (Lipinski definition) is 16. The third-order valence-electron chi connectivity index (χ3n) is 21.2. The van der Waals surface area contributed by atoms with Gasteiger partial charge in [-0.25, -0.2) is 9.97 Å². The fourth-order valence-corrected chi connectivity index (χ4v) is 18.8. The molecule has 7 aliphatic rings. The number of carbonyl (C=O) groups excluding carboxylic acids is 13. The zero-order chi connectivity index (χ0) is 87.1. The van der Waals surface area contributed by atoms with Crippen LogP contribution in [0.5, 0.6) is 5.75 Å². The van der Waals surface area contributed by atoms with E-state index in [1.165, 1.54) is 37.7 Å². The van der Waals surface area contributed by atoms with E-state index < -0.39 is 239 Å². The Bertz CT molecular complexity index is 4900. The van der Waals surface area contributed by atoms with Crippen LogP contribution in [0.2, 0.25) is 0 Å². The summed E-state index contributed by atoms with van der Waals surface area (Å²) in [6.07, 6.45) is 7.28. The first kappa shape index (κ1) is 92.0. The summed E-state index contributed by atoms with van der Waals surface area (Å²) in [5.74, 6) is -18.4. The highest BCUT2D eigenvalue weighted by atomic mass is 33.1. The minimum atomic E-state index is -4.59. The fraction of sp³-hybridized carbons (Fsp3) is 0.519. The molecule has 2 aromatic heterocycles. The maximum atomic E-state index is 16.4. The molecule has 2 aliphatic carbocycles. The van der Waals surface area contributed by atoms with Gasteiger partial charge in [0, 0.05) is 98.8 Å². The number of nitrogens with one attached hydrogen (secondary N) is 11. The summed E-state index contributed by atoms with van der Waals surface area (Å²) in [7, 11) is -3.93. The molecule has 1 saturated heterocycles. The Hall–Kier alpha value is -10.2. The second-order valence-corrected chi connectivity index (χ2v) is 36.4. The summed E-state index contributed by atoms with van der Waals surface area (Å²) in [6.45, 7) is 3.25. The molecule has 7 heterocycles. The number of carbonyl (C=O) groups is 13. The number of allylic oxidation sites excluding steroid dienone is 8. The number of aliphatic hydroxyl groups excluding tert-OH is 3. The molecule has 17 N–H and O–H groups in total. The fourth-order valence-electron chi connectivity index (χ4n) is 14.4. The average Bonchev–Trinajstić information content (AvgIpc) is 1.39. The quantitative estimate of drug-likeness (QED) is 0.0108. The number of nitrogens with two attached hydrogens (primary N) is 1. The predicted octanol–water partition coefficient (Wildman–Crippen LogP) is -3.51. The molecular formula is C77H100N16O23S4. The van der Waals surface area contributed by atoms with Gasteiger partial charge in [0.25, 0.3) is 33.4 Å². The van der Waals surface area contributed by atoms with E-state index in [1.807, 2.05) is 24.3 Å². The van der Waals surface area contributed by atoms with Crippen LogP contribution in [0.1, 0.15) is 87.6 Å². The van der Waals surface area contributed by atoms with Gasteiger partial charge in [0.15, 0.2) is 0 Å². The lowest BCUT2D eigenvalue weighted by Gasteiger charge is -2.43. The van der Waals surface area contributed by atoms with Gasteiger partial charge in [-0.15, -0.1) is 0 Å².